The lowest BCUT2D eigenvalue weighted by molar-refractivity contribution is 0.102. The Balaban J connectivity index is 1.77. The molecule has 2 heterocycles. The third-order valence-electron chi connectivity index (χ3n) is 6.03. The lowest BCUT2D eigenvalue weighted by atomic mass is 9.79. The zero-order valence-electron chi connectivity index (χ0n) is 22.5. The number of H-pyrrole nitrogens is 1. The number of thiophene rings is 1. The van der Waals surface area contributed by atoms with E-state index in [4.69, 9.17) is 14.2 Å². The van der Waals surface area contributed by atoms with E-state index in [2.05, 4.69) is 85.7 Å². The van der Waals surface area contributed by atoms with Crippen LogP contribution in [0.1, 0.15) is 67.9 Å². The lowest BCUT2D eigenvalue weighted by Gasteiger charge is -2.26. The van der Waals surface area contributed by atoms with E-state index < -0.39 is 5.91 Å². The fourth-order valence-electron chi connectivity index (χ4n) is 3.86. The Morgan fingerprint density at radius 1 is 0.946 bits per heavy atom. The second kappa shape index (κ2) is 10.0. The fourth-order valence-corrected chi connectivity index (χ4v) is 4.92. The number of benzene rings is 2. The van der Waals surface area contributed by atoms with Crippen molar-refractivity contribution in [3.05, 3.63) is 51.9 Å². The summed E-state index contributed by atoms with van der Waals surface area (Å²) in [6.07, 6.45) is 0. The SMILES string of the molecule is COc1cc2sc(C(=O)Nc3nn[nH]n3)c(OCc3cc(C(C)(C)C)cc(C(C)(C)C)c3)c2cc1OC. The molecule has 0 spiro atoms. The van der Waals surface area contributed by atoms with E-state index in [1.807, 2.05) is 12.1 Å². The molecular formula is C27H33N5O4S. The Morgan fingerprint density at radius 3 is 2.11 bits per heavy atom. The van der Waals surface area contributed by atoms with Crippen molar-refractivity contribution in [2.75, 3.05) is 19.5 Å². The van der Waals surface area contributed by atoms with Gasteiger partial charge in [-0.2, -0.15) is 5.21 Å². The van der Waals surface area contributed by atoms with Crippen molar-refractivity contribution in [1.29, 1.82) is 0 Å². The quantitative estimate of drug-likeness (QED) is 0.312. The summed E-state index contributed by atoms with van der Waals surface area (Å²) < 4.78 is 18.2. The van der Waals surface area contributed by atoms with Gasteiger partial charge in [-0.3, -0.25) is 10.1 Å². The van der Waals surface area contributed by atoms with Gasteiger partial charge < -0.3 is 14.2 Å². The number of fused-ring (bicyclic) bond motifs is 1. The first-order chi connectivity index (χ1) is 17.4. The molecule has 37 heavy (non-hydrogen) atoms. The standard InChI is InChI=1S/C27H33N5O4S/c1-26(2,3)16-9-15(10-17(11-16)27(4,5)6)14-36-22-18-12-19(34-7)20(35-8)13-21(18)37-23(22)24(33)28-25-29-31-32-30-25/h9-13H,14H2,1-8H3,(H2,28,29,30,31,32,33). The van der Waals surface area contributed by atoms with E-state index in [-0.39, 0.29) is 23.4 Å². The highest BCUT2D eigenvalue weighted by Crippen LogP contribution is 2.44. The molecule has 2 N–H and O–H groups in total. The maximum absolute atomic E-state index is 13.2. The second-order valence-corrected chi connectivity index (χ2v) is 11.9. The van der Waals surface area contributed by atoms with Crippen molar-refractivity contribution in [2.45, 2.75) is 59.0 Å². The van der Waals surface area contributed by atoms with Crippen LogP contribution in [0.25, 0.3) is 10.1 Å². The van der Waals surface area contributed by atoms with Gasteiger partial charge in [-0.1, -0.05) is 64.8 Å². The molecule has 0 saturated heterocycles. The van der Waals surface area contributed by atoms with E-state index in [9.17, 15) is 4.79 Å². The summed E-state index contributed by atoms with van der Waals surface area (Å²) in [5, 5.41) is 16.9. The molecule has 196 valence electrons. The second-order valence-electron chi connectivity index (χ2n) is 10.9. The van der Waals surface area contributed by atoms with Gasteiger partial charge in [0.25, 0.3) is 11.9 Å². The zero-order chi connectivity index (χ0) is 27.0. The number of hydrogen-bond acceptors (Lipinski definition) is 8. The molecule has 0 aliphatic heterocycles. The van der Waals surface area contributed by atoms with Gasteiger partial charge in [-0.15, -0.1) is 16.4 Å². The minimum atomic E-state index is -0.394. The van der Waals surface area contributed by atoms with Crippen LogP contribution in [0.2, 0.25) is 0 Å². The van der Waals surface area contributed by atoms with Crippen LogP contribution in [-0.2, 0) is 17.4 Å². The van der Waals surface area contributed by atoms with Gasteiger partial charge in [0.1, 0.15) is 11.5 Å². The molecule has 0 fully saturated rings. The van der Waals surface area contributed by atoms with Crippen LogP contribution in [0.3, 0.4) is 0 Å². The predicted molar refractivity (Wildman–Crippen MR) is 145 cm³/mol. The summed E-state index contributed by atoms with van der Waals surface area (Å²) in [5.41, 5.74) is 3.45. The Kier molecular flexibility index (Phi) is 7.14. The molecule has 4 rings (SSSR count). The number of hydrogen-bond donors (Lipinski definition) is 2. The first kappa shape index (κ1) is 26.4. The Labute approximate surface area is 220 Å². The predicted octanol–water partition coefficient (Wildman–Crippen LogP) is 5.86. The van der Waals surface area contributed by atoms with Gasteiger partial charge in [-0.05, 0) is 38.8 Å². The van der Waals surface area contributed by atoms with Crippen LogP contribution in [0.4, 0.5) is 5.95 Å². The van der Waals surface area contributed by atoms with Crippen LogP contribution in [0.15, 0.2) is 30.3 Å². The van der Waals surface area contributed by atoms with Crippen molar-refractivity contribution in [1.82, 2.24) is 20.6 Å². The van der Waals surface area contributed by atoms with E-state index >= 15 is 0 Å². The number of amides is 1. The average molecular weight is 524 g/mol. The largest absolute Gasteiger partial charge is 0.493 e. The number of carbonyl (C=O) groups is 1. The Morgan fingerprint density at radius 2 is 1.57 bits per heavy atom. The van der Waals surface area contributed by atoms with Crippen molar-refractivity contribution < 1.29 is 19.0 Å². The molecule has 0 aliphatic rings. The van der Waals surface area contributed by atoms with Crippen LogP contribution in [0.5, 0.6) is 17.2 Å². The maximum atomic E-state index is 13.2. The van der Waals surface area contributed by atoms with Crippen molar-refractivity contribution in [2.24, 2.45) is 0 Å². The van der Waals surface area contributed by atoms with Gasteiger partial charge >= 0.3 is 0 Å². The lowest BCUT2D eigenvalue weighted by Crippen LogP contribution is -2.17. The molecule has 0 radical (unpaired) electrons. The number of methoxy groups -OCH3 is 2. The normalized spacial score (nSPS) is 12.0. The number of ether oxygens (including phenoxy) is 3. The number of rotatable bonds is 7. The van der Waals surface area contributed by atoms with Gasteiger partial charge in [0, 0.05) is 16.2 Å². The number of aromatic nitrogens is 4. The minimum absolute atomic E-state index is 0.0232. The van der Waals surface area contributed by atoms with Gasteiger partial charge in [0.2, 0.25) is 0 Å². The Hall–Kier alpha value is -3.66. The molecule has 0 bridgehead atoms. The summed E-state index contributed by atoms with van der Waals surface area (Å²) in [4.78, 5) is 13.6. The first-order valence-electron chi connectivity index (χ1n) is 11.9. The molecule has 4 aromatic rings. The summed E-state index contributed by atoms with van der Waals surface area (Å²) in [6, 6.07) is 10.3. The van der Waals surface area contributed by atoms with Crippen molar-refractivity contribution in [3.8, 4) is 17.2 Å². The van der Waals surface area contributed by atoms with Crippen molar-refractivity contribution >= 4 is 33.3 Å². The number of nitrogens with zero attached hydrogens (tertiary/aromatic N) is 3. The van der Waals surface area contributed by atoms with Gasteiger partial charge in [-0.25, -0.2) is 0 Å². The highest BCUT2D eigenvalue weighted by atomic mass is 32.1. The van der Waals surface area contributed by atoms with Gasteiger partial charge in [0.15, 0.2) is 17.2 Å². The molecule has 2 aromatic carbocycles. The van der Waals surface area contributed by atoms with Gasteiger partial charge in [0.05, 0.1) is 14.2 Å². The van der Waals surface area contributed by atoms with Crippen LogP contribution in [-0.4, -0.2) is 40.8 Å². The van der Waals surface area contributed by atoms with Crippen LogP contribution < -0.4 is 19.5 Å². The van der Waals surface area contributed by atoms with Crippen LogP contribution in [0, 0.1) is 0 Å². The molecular weight excluding hydrogens is 490 g/mol. The number of tetrazole rings is 1. The zero-order valence-corrected chi connectivity index (χ0v) is 23.3. The van der Waals surface area contributed by atoms with E-state index in [0.29, 0.717) is 22.1 Å². The summed E-state index contributed by atoms with van der Waals surface area (Å²) in [5.74, 6) is 1.26. The highest BCUT2D eigenvalue weighted by molar-refractivity contribution is 7.21. The summed E-state index contributed by atoms with van der Waals surface area (Å²) >= 11 is 1.29. The highest BCUT2D eigenvalue weighted by Gasteiger charge is 2.25. The molecule has 0 aliphatic carbocycles. The summed E-state index contributed by atoms with van der Waals surface area (Å²) in [6.45, 7) is 13.5. The number of nitrogens with one attached hydrogen (secondary N) is 2. The molecule has 0 atom stereocenters. The molecule has 0 unspecified atom stereocenters. The molecule has 0 saturated carbocycles. The number of anilines is 1. The summed E-state index contributed by atoms with van der Waals surface area (Å²) in [7, 11) is 3.15. The van der Waals surface area contributed by atoms with Crippen LogP contribution >= 0.6 is 11.3 Å². The number of carbonyl (C=O) groups excluding carboxylic acids is 1. The fraction of sp³-hybridized carbons (Fsp3) is 0.407. The smallest absolute Gasteiger partial charge is 0.272 e. The topological polar surface area (TPSA) is 111 Å². The molecule has 1 amide bonds. The first-order valence-corrected chi connectivity index (χ1v) is 12.7. The maximum Gasteiger partial charge on any atom is 0.272 e. The number of aromatic amines is 1. The third kappa shape index (κ3) is 5.69. The Bertz CT molecular complexity index is 1380. The molecule has 2 aromatic heterocycles. The molecule has 9 nitrogen and oxygen atoms in total. The van der Waals surface area contributed by atoms with E-state index in [1.165, 1.54) is 22.5 Å². The average Bonchev–Trinajstić information content (AvgIpc) is 3.47. The third-order valence-corrected chi connectivity index (χ3v) is 7.17. The van der Waals surface area contributed by atoms with E-state index in [0.717, 1.165) is 15.6 Å². The molecule has 10 heteroatoms. The van der Waals surface area contributed by atoms with E-state index in [1.54, 1.807) is 14.2 Å². The monoisotopic (exact) mass is 523 g/mol. The minimum Gasteiger partial charge on any atom is -0.493 e. The van der Waals surface area contributed by atoms with Crippen molar-refractivity contribution in [3.63, 3.8) is 0 Å².